The van der Waals surface area contributed by atoms with Crippen molar-refractivity contribution < 1.29 is 19.4 Å². The van der Waals surface area contributed by atoms with Gasteiger partial charge in [-0.1, -0.05) is 17.7 Å². The Morgan fingerprint density at radius 2 is 2.22 bits per heavy atom. The van der Waals surface area contributed by atoms with Gasteiger partial charge in [-0.15, -0.1) is 0 Å². The molecule has 0 aliphatic rings. The van der Waals surface area contributed by atoms with Gasteiger partial charge in [0, 0.05) is 24.2 Å². The summed E-state index contributed by atoms with van der Waals surface area (Å²) in [5.74, 6) is -1.29. The maximum Gasteiger partial charge on any atom is 0.306 e. The zero-order valence-electron chi connectivity index (χ0n) is 9.85. The van der Waals surface area contributed by atoms with Crippen LogP contribution in [0.15, 0.2) is 24.3 Å². The summed E-state index contributed by atoms with van der Waals surface area (Å²) in [4.78, 5) is 22.2. The van der Waals surface area contributed by atoms with Crippen LogP contribution in [0.5, 0.6) is 0 Å². The molecule has 0 aromatic heterocycles. The van der Waals surface area contributed by atoms with E-state index in [4.69, 9.17) is 21.4 Å². The SMILES string of the molecule is COC(CNC(=O)c1cccc(Cl)c1)CC(=O)O. The number of carboxylic acids is 1. The molecule has 0 bridgehead atoms. The largest absolute Gasteiger partial charge is 0.481 e. The van der Waals surface area contributed by atoms with Gasteiger partial charge in [0.1, 0.15) is 0 Å². The van der Waals surface area contributed by atoms with Crippen molar-refractivity contribution in [3.63, 3.8) is 0 Å². The number of amides is 1. The highest BCUT2D eigenvalue weighted by molar-refractivity contribution is 6.30. The van der Waals surface area contributed by atoms with E-state index in [1.807, 2.05) is 0 Å². The summed E-state index contributed by atoms with van der Waals surface area (Å²) in [7, 11) is 1.40. The van der Waals surface area contributed by atoms with Crippen molar-refractivity contribution in [3.05, 3.63) is 34.9 Å². The number of hydrogen-bond donors (Lipinski definition) is 2. The molecule has 0 fully saturated rings. The van der Waals surface area contributed by atoms with Crippen LogP contribution < -0.4 is 5.32 Å². The van der Waals surface area contributed by atoms with E-state index in [0.717, 1.165) is 0 Å². The minimum atomic E-state index is -0.973. The average Bonchev–Trinajstić information content (AvgIpc) is 2.33. The molecule has 18 heavy (non-hydrogen) atoms. The molecule has 1 unspecified atom stereocenters. The number of nitrogens with one attached hydrogen (secondary N) is 1. The zero-order chi connectivity index (χ0) is 13.5. The van der Waals surface area contributed by atoms with Crippen molar-refractivity contribution >= 4 is 23.5 Å². The number of benzene rings is 1. The van der Waals surface area contributed by atoms with Crippen molar-refractivity contribution in [1.29, 1.82) is 0 Å². The molecular formula is C12H14ClNO4. The average molecular weight is 272 g/mol. The highest BCUT2D eigenvalue weighted by Crippen LogP contribution is 2.10. The minimum Gasteiger partial charge on any atom is -0.481 e. The Morgan fingerprint density at radius 1 is 1.50 bits per heavy atom. The van der Waals surface area contributed by atoms with Gasteiger partial charge in [0.2, 0.25) is 0 Å². The highest BCUT2D eigenvalue weighted by atomic mass is 35.5. The lowest BCUT2D eigenvalue weighted by atomic mass is 10.2. The summed E-state index contributed by atoms with van der Waals surface area (Å²) in [5.41, 5.74) is 0.424. The van der Waals surface area contributed by atoms with Crippen LogP contribution in [-0.4, -0.2) is 36.7 Å². The number of carboxylic acid groups (broad SMARTS) is 1. The van der Waals surface area contributed by atoms with Crippen LogP contribution in [0.25, 0.3) is 0 Å². The summed E-state index contributed by atoms with van der Waals surface area (Å²) in [6.45, 7) is 0.133. The van der Waals surface area contributed by atoms with Crippen LogP contribution in [0.4, 0.5) is 0 Å². The highest BCUT2D eigenvalue weighted by Gasteiger charge is 2.14. The predicted molar refractivity (Wildman–Crippen MR) is 66.8 cm³/mol. The summed E-state index contributed by atoms with van der Waals surface area (Å²) in [6.07, 6.45) is -0.711. The standard InChI is InChI=1S/C12H14ClNO4/c1-18-10(6-11(15)16)7-14-12(17)8-3-2-4-9(13)5-8/h2-5,10H,6-7H2,1H3,(H,14,17)(H,15,16). The summed E-state index contributed by atoms with van der Waals surface area (Å²) in [5, 5.41) is 11.7. The van der Waals surface area contributed by atoms with E-state index in [1.54, 1.807) is 18.2 Å². The molecule has 0 aliphatic carbocycles. The van der Waals surface area contributed by atoms with Gasteiger partial charge in [-0.05, 0) is 18.2 Å². The summed E-state index contributed by atoms with van der Waals surface area (Å²) < 4.78 is 4.95. The van der Waals surface area contributed by atoms with Gasteiger partial charge < -0.3 is 15.2 Å². The Bertz CT molecular complexity index is 436. The molecule has 0 heterocycles. The van der Waals surface area contributed by atoms with Crippen LogP contribution >= 0.6 is 11.6 Å². The molecular weight excluding hydrogens is 258 g/mol. The first kappa shape index (κ1) is 14.5. The molecule has 0 aliphatic heterocycles. The molecule has 0 saturated carbocycles. The topological polar surface area (TPSA) is 75.6 Å². The van der Waals surface area contributed by atoms with E-state index < -0.39 is 12.1 Å². The molecule has 6 heteroatoms. The third kappa shape index (κ3) is 4.73. The van der Waals surface area contributed by atoms with Crippen molar-refractivity contribution in [1.82, 2.24) is 5.32 Å². The van der Waals surface area contributed by atoms with E-state index in [-0.39, 0.29) is 18.9 Å². The maximum absolute atomic E-state index is 11.7. The third-order valence-electron chi connectivity index (χ3n) is 2.31. The molecule has 0 spiro atoms. The van der Waals surface area contributed by atoms with Gasteiger partial charge in [-0.25, -0.2) is 0 Å². The van der Waals surface area contributed by atoms with Gasteiger partial charge in [0.25, 0.3) is 5.91 Å². The Labute approximate surface area is 110 Å². The summed E-state index contributed by atoms with van der Waals surface area (Å²) >= 11 is 5.77. The van der Waals surface area contributed by atoms with Crippen molar-refractivity contribution in [2.75, 3.05) is 13.7 Å². The normalized spacial score (nSPS) is 11.9. The molecule has 2 N–H and O–H groups in total. The Balaban J connectivity index is 2.52. The third-order valence-corrected chi connectivity index (χ3v) is 2.55. The number of methoxy groups -OCH3 is 1. The number of rotatable bonds is 6. The number of ether oxygens (including phenoxy) is 1. The molecule has 1 aromatic rings. The fraction of sp³-hybridized carbons (Fsp3) is 0.333. The van der Waals surface area contributed by atoms with E-state index in [1.165, 1.54) is 13.2 Å². The van der Waals surface area contributed by atoms with E-state index in [9.17, 15) is 9.59 Å². The van der Waals surface area contributed by atoms with E-state index in [2.05, 4.69) is 5.32 Å². The monoisotopic (exact) mass is 271 g/mol. The van der Waals surface area contributed by atoms with Crippen molar-refractivity contribution in [3.8, 4) is 0 Å². The fourth-order valence-corrected chi connectivity index (χ4v) is 1.56. The molecule has 98 valence electrons. The second-order valence-electron chi connectivity index (χ2n) is 3.68. The zero-order valence-corrected chi connectivity index (χ0v) is 10.6. The maximum atomic E-state index is 11.7. The number of aliphatic carboxylic acids is 1. The van der Waals surface area contributed by atoms with Crippen LogP contribution in [0, 0.1) is 0 Å². The van der Waals surface area contributed by atoms with Gasteiger partial charge in [0.05, 0.1) is 12.5 Å². The molecule has 1 aromatic carbocycles. The molecule has 0 radical (unpaired) electrons. The van der Waals surface area contributed by atoms with Gasteiger partial charge in [0.15, 0.2) is 0 Å². The Morgan fingerprint density at radius 3 is 2.78 bits per heavy atom. The smallest absolute Gasteiger partial charge is 0.306 e. The van der Waals surface area contributed by atoms with Crippen LogP contribution in [-0.2, 0) is 9.53 Å². The van der Waals surface area contributed by atoms with E-state index in [0.29, 0.717) is 10.6 Å². The van der Waals surface area contributed by atoms with Crippen molar-refractivity contribution in [2.24, 2.45) is 0 Å². The van der Waals surface area contributed by atoms with Crippen LogP contribution in [0.1, 0.15) is 16.8 Å². The van der Waals surface area contributed by atoms with Gasteiger partial charge in [-0.2, -0.15) is 0 Å². The number of carbonyl (C=O) groups is 2. The van der Waals surface area contributed by atoms with Crippen LogP contribution in [0.2, 0.25) is 5.02 Å². The molecule has 1 amide bonds. The molecule has 5 nitrogen and oxygen atoms in total. The first-order valence-corrected chi connectivity index (χ1v) is 5.69. The van der Waals surface area contributed by atoms with Crippen molar-refractivity contribution in [2.45, 2.75) is 12.5 Å². The summed E-state index contributed by atoms with van der Waals surface area (Å²) in [6, 6.07) is 6.50. The number of carbonyl (C=O) groups excluding carboxylic acids is 1. The quantitative estimate of drug-likeness (QED) is 0.823. The molecule has 1 atom stereocenters. The number of hydrogen-bond acceptors (Lipinski definition) is 3. The lowest BCUT2D eigenvalue weighted by molar-refractivity contribution is -0.139. The minimum absolute atomic E-state index is 0.133. The lowest BCUT2D eigenvalue weighted by Crippen LogP contribution is -2.34. The van der Waals surface area contributed by atoms with Gasteiger partial charge >= 0.3 is 5.97 Å². The van der Waals surface area contributed by atoms with Gasteiger partial charge in [-0.3, -0.25) is 9.59 Å². The predicted octanol–water partition coefficient (Wildman–Crippen LogP) is 1.56. The second-order valence-corrected chi connectivity index (χ2v) is 4.11. The Hall–Kier alpha value is -1.59. The Kier molecular flexibility index (Phi) is 5.61. The first-order chi connectivity index (χ1) is 8.52. The molecule has 0 saturated heterocycles. The number of halogens is 1. The van der Waals surface area contributed by atoms with Crippen LogP contribution in [0.3, 0.4) is 0 Å². The first-order valence-electron chi connectivity index (χ1n) is 5.31. The fourth-order valence-electron chi connectivity index (χ4n) is 1.37. The molecule has 1 rings (SSSR count). The second kappa shape index (κ2) is 6.98. The van der Waals surface area contributed by atoms with E-state index >= 15 is 0 Å². The lowest BCUT2D eigenvalue weighted by Gasteiger charge is -2.13.